The van der Waals surface area contributed by atoms with Gasteiger partial charge in [-0.1, -0.05) is 31.2 Å². The lowest BCUT2D eigenvalue weighted by Gasteiger charge is -2.34. The summed E-state index contributed by atoms with van der Waals surface area (Å²) in [5.41, 5.74) is 2.46. The van der Waals surface area contributed by atoms with Crippen LogP contribution in [0.5, 0.6) is 0 Å². The summed E-state index contributed by atoms with van der Waals surface area (Å²) >= 11 is 0. The number of aliphatic hydroxyl groups is 1. The average molecular weight is 332 g/mol. The highest BCUT2D eigenvalue weighted by molar-refractivity contribution is 5.78. The first-order valence-corrected chi connectivity index (χ1v) is 9.22. The molecule has 2 N–H and O–H groups in total. The highest BCUT2D eigenvalue weighted by Gasteiger charge is 2.24. The van der Waals surface area contributed by atoms with Gasteiger partial charge in [-0.25, -0.2) is 0 Å². The first-order valence-electron chi connectivity index (χ1n) is 9.22. The summed E-state index contributed by atoms with van der Waals surface area (Å²) in [5, 5.41) is 12.3. The molecule has 1 aliphatic rings. The van der Waals surface area contributed by atoms with Crippen LogP contribution in [0.25, 0.3) is 0 Å². The van der Waals surface area contributed by atoms with Gasteiger partial charge in [-0.3, -0.25) is 9.69 Å². The van der Waals surface area contributed by atoms with Crippen molar-refractivity contribution in [2.24, 2.45) is 5.92 Å². The molecule has 0 bridgehead atoms. The minimum Gasteiger partial charge on any atom is -0.396 e. The van der Waals surface area contributed by atoms with Gasteiger partial charge in [0.1, 0.15) is 0 Å². The quantitative estimate of drug-likeness (QED) is 0.807. The molecule has 1 aliphatic carbocycles. The van der Waals surface area contributed by atoms with Gasteiger partial charge in [0.2, 0.25) is 5.91 Å². The van der Waals surface area contributed by atoms with Crippen molar-refractivity contribution in [2.45, 2.75) is 58.0 Å². The number of carbonyl (C=O) groups is 1. The zero-order valence-electron chi connectivity index (χ0n) is 15.3. The van der Waals surface area contributed by atoms with E-state index >= 15 is 0 Å². The van der Waals surface area contributed by atoms with Gasteiger partial charge in [-0.2, -0.15) is 0 Å². The maximum Gasteiger partial charge on any atom is 0.234 e. The third-order valence-corrected chi connectivity index (χ3v) is 5.36. The number of hydrogen-bond donors (Lipinski definition) is 2. The van der Waals surface area contributed by atoms with Gasteiger partial charge in [0.05, 0.1) is 12.6 Å². The van der Waals surface area contributed by atoms with Gasteiger partial charge in [-0.15, -0.1) is 0 Å². The molecule has 1 saturated carbocycles. The lowest BCUT2D eigenvalue weighted by molar-refractivity contribution is -0.123. The molecular formula is C20H32N2O2. The lowest BCUT2D eigenvalue weighted by Crippen LogP contribution is -2.42. The van der Waals surface area contributed by atoms with Crippen LogP contribution < -0.4 is 5.32 Å². The zero-order chi connectivity index (χ0) is 17.5. The fraction of sp³-hybridized carbons (Fsp3) is 0.650. The second-order valence-corrected chi connectivity index (χ2v) is 7.16. The fourth-order valence-corrected chi connectivity index (χ4v) is 3.54. The molecule has 1 atom stereocenters. The van der Waals surface area contributed by atoms with Crippen molar-refractivity contribution < 1.29 is 9.90 Å². The first-order chi connectivity index (χ1) is 11.5. The molecule has 0 aromatic heterocycles. The van der Waals surface area contributed by atoms with Crippen LogP contribution in [0.4, 0.5) is 0 Å². The Balaban J connectivity index is 1.79. The fourth-order valence-electron chi connectivity index (χ4n) is 3.54. The van der Waals surface area contributed by atoms with E-state index in [0.29, 0.717) is 25.1 Å². The largest absolute Gasteiger partial charge is 0.396 e. The van der Waals surface area contributed by atoms with Gasteiger partial charge < -0.3 is 10.4 Å². The van der Waals surface area contributed by atoms with E-state index in [1.807, 2.05) is 14.0 Å². The zero-order valence-corrected chi connectivity index (χ0v) is 15.3. The minimum absolute atomic E-state index is 0.0296. The van der Waals surface area contributed by atoms with Crippen LogP contribution in [0, 0.1) is 5.92 Å². The topological polar surface area (TPSA) is 52.6 Å². The van der Waals surface area contributed by atoms with E-state index in [4.69, 9.17) is 0 Å². The van der Waals surface area contributed by atoms with Crippen molar-refractivity contribution in [2.75, 3.05) is 20.2 Å². The molecule has 24 heavy (non-hydrogen) atoms. The number of aliphatic hydroxyl groups excluding tert-OH is 1. The molecule has 0 heterocycles. The van der Waals surface area contributed by atoms with E-state index in [9.17, 15) is 9.90 Å². The van der Waals surface area contributed by atoms with E-state index in [2.05, 4.69) is 41.4 Å². The number of benzene rings is 1. The number of nitrogens with zero attached hydrogens (tertiary/aromatic N) is 1. The number of likely N-dealkylation sites (N-methyl/N-ethyl adjacent to an activating group) is 1. The third-order valence-electron chi connectivity index (χ3n) is 5.36. The maximum absolute atomic E-state index is 12.3. The molecular weight excluding hydrogens is 300 g/mol. The molecule has 2 rings (SSSR count). The Labute approximate surface area is 146 Å². The molecule has 0 aliphatic heterocycles. The van der Waals surface area contributed by atoms with E-state index in [-0.39, 0.29) is 11.9 Å². The van der Waals surface area contributed by atoms with Crippen LogP contribution >= 0.6 is 0 Å². The molecule has 0 saturated heterocycles. The summed E-state index contributed by atoms with van der Waals surface area (Å²) in [7, 11) is 2.03. The summed E-state index contributed by atoms with van der Waals surface area (Å²) in [5.74, 6) is 0.531. The van der Waals surface area contributed by atoms with Crippen LogP contribution in [0.3, 0.4) is 0 Å². The van der Waals surface area contributed by atoms with E-state index in [1.165, 1.54) is 5.56 Å². The summed E-state index contributed by atoms with van der Waals surface area (Å²) in [6.45, 7) is 4.91. The summed E-state index contributed by atoms with van der Waals surface area (Å²) < 4.78 is 0. The number of carbonyl (C=O) groups excluding carboxylic acids is 1. The van der Waals surface area contributed by atoms with Crippen molar-refractivity contribution in [3.8, 4) is 0 Å². The SMILES string of the molecule is CCc1ccc(C(C)NC(=O)CN(C)C2CCC(CO)CC2)cc1. The number of nitrogens with one attached hydrogen (secondary N) is 1. The molecule has 1 unspecified atom stereocenters. The summed E-state index contributed by atoms with van der Waals surface area (Å²) in [6.07, 6.45) is 5.30. The highest BCUT2D eigenvalue weighted by Crippen LogP contribution is 2.26. The highest BCUT2D eigenvalue weighted by atomic mass is 16.3. The van der Waals surface area contributed by atoms with Gasteiger partial charge in [0, 0.05) is 12.6 Å². The van der Waals surface area contributed by atoms with Crippen molar-refractivity contribution >= 4 is 5.91 Å². The van der Waals surface area contributed by atoms with Crippen LogP contribution in [0.15, 0.2) is 24.3 Å². The van der Waals surface area contributed by atoms with Gasteiger partial charge >= 0.3 is 0 Å². The van der Waals surface area contributed by atoms with Gasteiger partial charge in [0.25, 0.3) is 0 Å². The molecule has 1 aromatic rings. The second kappa shape index (κ2) is 9.19. The monoisotopic (exact) mass is 332 g/mol. The number of aryl methyl sites for hydroxylation is 1. The Morgan fingerprint density at radius 2 is 1.88 bits per heavy atom. The van der Waals surface area contributed by atoms with E-state index < -0.39 is 0 Å². The number of rotatable bonds is 7. The summed E-state index contributed by atoms with van der Waals surface area (Å²) in [4.78, 5) is 14.5. The predicted octanol–water partition coefficient (Wildman–Crippen LogP) is 2.91. The Kier molecular flexibility index (Phi) is 7.25. The Morgan fingerprint density at radius 3 is 2.42 bits per heavy atom. The minimum atomic E-state index is 0.0296. The first kappa shape index (κ1) is 18.9. The Morgan fingerprint density at radius 1 is 1.25 bits per heavy atom. The average Bonchev–Trinajstić information content (AvgIpc) is 2.61. The third kappa shape index (κ3) is 5.32. The van der Waals surface area contributed by atoms with Crippen LogP contribution in [0.1, 0.15) is 56.7 Å². The maximum atomic E-state index is 12.3. The van der Waals surface area contributed by atoms with Crippen molar-refractivity contribution in [1.82, 2.24) is 10.2 Å². The summed E-state index contributed by atoms with van der Waals surface area (Å²) in [6, 6.07) is 8.94. The molecule has 1 aromatic carbocycles. The van der Waals surface area contributed by atoms with Gasteiger partial charge in [0.15, 0.2) is 0 Å². The molecule has 0 radical (unpaired) electrons. The van der Waals surface area contributed by atoms with Crippen molar-refractivity contribution in [3.63, 3.8) is 0 Å². The standard InChI is InChI=1S/C20H32N2O2/c1-4-16-5-9-18(10-6-16)15(2)21-20(24)13-22(3)19-11-7-17(14-23)8-12-19/h5-6,9-10,15,17,19,23H,4,7-8,11-14H2,1-3H3,(H,21,24). The number of amides is 1. The molecule has 4 heteroatoms. The molecule has 1 fully saturated rings. The number of hydrogen-bond acceptors (Lipinski definition) is 3. The lowest BCUT2D eigenvalue weighted by atomic mass is 9.86. The second-order valence-electron chi connectivity index (χ2n) is 7.16. The van der Waals surface area contributed by atoms with Crippen molar-refractivity contribution in [1.29, 1.82) is 0 Å². The van der Waals surface area contributed by atoms with E-state index in [0.717, 1.165) is 37.7 Å². The smallest absolute Gasteiger partial charge is 0.234 e. The van der Waals surface area contributed by atoms with Gasteiger partial charge in [-0.05, 0) is 63.1 Å². The normalized spacial score (nSPS) is 22.4. The molecule has 134 valence electrons. The van der Waals surface area contributed by atoms with Crippen molar-refractivity contribution in [3.05, 3.63) is 35.4 Å². The van der Waals surface area contributed by atoms with Crippen LogP contribution in [-0.2, 0) is 11.2 Å². The molecule has 1 amide bonds. The van der Waals surface area contributed by atoms with E-state index in [1.54, 1.807) is 0 Å². The predicted molar refractivity (Wildman–Crippen MR) is 97.8 cm³/mol. The molecule has 4 nitrogen and oxygen atoms in total. The Hall–Kier alpha value is -1.39. The van der Waals surface area contributed by atoms with Crippen LogP contribution in [-0.4, -0.2) is 42.2 Å². The van der Waals surface area contributed by atoms with Crippen LogP contribution in [0.2, 0.25) is 0 Å². The molecule has 0 spiro atoms. The Bertz CT molecular complexity index is 507.